The number of nitrogens with zero attached hydrogens (tertiary/aromatic N) is 3. The Balaban J connectivity index is 1.67. The van der Waals surface area contributed by atoms with Gasteiger partial charge in [-0.2, -0.15) is 0 Å². The summed E-state index contributed by atoms with van der Waals surface area (Å²) in [5.74, 6) is -0.252. The van der Waals surface area contributed by atoms with Gasteiger partial charge < -0.3 is 19.3 Å². The number of benzene rings is 2. The highest BCUT2D eigenvalue weighted by Crippen LogP contribution is 2.46. The van der Waals surface area contributed by atoms with Gasteiger partial charge in [0.25, 0.3) is 5.91 Å². The Morgan fingerprint density at radius 1 is 1.12 bits per heavy atom. The first-order valence-electron chi connectivity index (χ1n) is 12.5. The van der Waals surface area contributed by atoms with Crippen molar-refractivity contribution in [2.45, 2.75) is 26.8 Å². The van der Waals surface area contributed by atoms with Gasteiger partial charge in [-0.05, 0) is 56.7 Å². The Hall–Kier alpha value is -4.22. The number of hydrogen-bond acceptors (Lipinski definition) is 10. The van der Waals surface area contributed by atoms with Crippen LogP contribution in [0.5, 0.6) is 17.2 Å². The number of ketones is 1. The molecular weight excluding hydrogens is 550 g/mol. The van der Waals surface area contributed by atoms with Crippen molar-refractivity contribution in [2.24, 2.45) is 0 Å². The molecule has 0 saturated heterocycles. The molecule has 11 heteroatoms. The van der Waals surface area contributed by atoms with Crippen molar-refractivity contribution in [3.05, 3.63) is 81.5 Å². The van der Waals surface area contributed by atoms with Crippen LogP contribution in [-0.4, -0.2) is 47.1 Å². The fraction of sp³-hybridized carbons (Fsp3) is 0.241. The van der Waals surface area contributed by atoms with E-state index < -0.39 is 23.5 Å². The van der Waals surface area contributed by atoms with Crippen molar-refractivity contribution in [3.63, 3.8) is 0 Å². The van der Waals surface area contributed by atoms with Crippen molar-refractivity contribution in [3.8, 4) is 17.2 Å². The Bertz CT molecular complexity index is 1670. The molecule has 1 amide bonds. The summed E-state index contributed by atoms with van der Waals surface area (Å²) >= 11 is 2.49. The van der Waals surface area contributed by atoms with Crippen molar-refractivity contribution < 1.29 is 28.9 Å². The zero-order chi connectivity index (χ0) is 28.6. The van der Waals surface area contributed by atoms with Crippen LogP contribution in [0.1, 0.15) is 38.9 Å². The summed E-state index contributed by atoms with van der Waals surface area (Å²) in [5, 5.41) is 12.2. The summed E-state index contributed by atoms with van der Waals surface area (Å²) in [6.07, 6.45) is 1.62. The molecule has 1 unspecified atom stereocenters. The third kappa shape index (κ3) is 4.82. The maximum Gasteiger partial charge on any atom is 0.296 e. The molecule has 2 aromatic heterocycles. The number of carbonyl (C=O) groups is 2. The van der Waals surface area contributed by atoms with E-state index in [1.165, 1.54) is 34.7 Å². The number of aromatic nitrogens is 2. The van der Waals surface area contributed by atoms with E-state index in [9.17, 15) is 14.7 Å². The number of ether oxygens (including phenoxy) is 3. The van der Waals surface area contributed by atoms with E-state index in [0.717, 1.165) is 4.70 Å². The molecule has 0 spiro atoms. The van der Waals surface area contributed by atoms with Crippen molar-refractivity contribution in [2.75, 3.05) is 25.2 Å². The molecule has 4 aromatic rings. The van der Waals surface area contributed by atoms with Crippen molar-refractivity contribution in [1.82, 2.24) is 9.97 Å². The number of hydrogen-bond donors (Lipinski definition) is 1. The molecule has 5 rings (SSSR count). The van der Waals surface area contributed by atoms with Crippen LogP contribution in [0.2, 0.25) is 0 Å². The minimum absolute atomic E-state index is 0.0483. The van der Waals surface area contributed by atoms with Gasteiger partial charge in [0, 0.05) is 0 Å². The highest BCUT2D eigenvalue weighted by atomic mass is 32.1. The van der Waals surface area contributed by atoms with E-state index in [0.29, 0.717) is 55.6 Å². The number of aryl methyl sites for hydroxylation is 2. The van der Waals surface area contributed by atoms with Crippen molar-refractivity contribution in [1.29, 1.82) is 0 Å². The topological polar surface area (TPSA) is 111 Å². The molecule has 2 aromatic carbocycles. The predicted molar refractivity (Wildman–Crippen MR) is 155 cm³/mol. The third-order valence-corrected chi connectivity index (χ3v) is 8.38. The van der Waals surface area contributed by atoms with Gasteiger partial charge in [0.2, 0.25) is 5.78 Å². The number of carbonyl (C=O) groups excluding carboxylic acids is 2. The highest BCUT2D eigenvalue weighted by molar-refractivity contribution is 7.22. The largest absolute Gasteiger partial charge is 0.503 e. The number of anilines is 1. The van der Waals surface area contributed by atoms with E-state index in [4.69, 9.17) is 14.2 Å². The van der Waals surface area contributed by atoms with Gasteiger partial charge in [-0.25, -0.2) is 9.97 Å². The standard InChI is InChI=1S/C29H27N3O6S2/c1-6-12-38-20-11-8-17(13-21(20)36-5)24-23(25(33)27-15(3)30-16(4)39-27)26(34)28(35)32(24)29-31-19-10-9-18(37-7-2)14-22(19)40-29/h6,8-11,13-14,24,34H,1,7,12H2,2-5H3. The van der Waals surface area contributed by atoms with Gasteiger partial charge in [0.05, 0.1) is 51.1 Å². The summed E-state index contributed by atoms with van der Waals surface area (Å²) in [7, 11) is 1.50. The van der Waals surface area contributed by atoms with E-state index >= 15 is 0 Å². The number of fused-ring (bicyclic) bond motifs is 1. The zero-order valence-corrected chi connectivity index (χ0v) is 24.0. The van der Waals surface area contributed by atoms with Gasteiger partial charge in [0.1, 0.15) is 12.4 Å². The predicted octanol–water partition coefficient (Wildman–Crippen LogP) is 6.12. The fourth-order valence-corrected chi connectivity index (χ4v) is 6.48. The first-order valence-corrected chi connectivity index (χ1v) is 14.1. The van der Waals surface area contributed by atoms with Crippen LogP contribution in [-0.2, 0) is 4.79 Å². The molecular formula is C29H27N3O6S2. The molecule has 0 aliphatic carbocycles. The lowest BCUT2D eigenvalue weighted by atomic mass is 9.95. The summed E-state index contributed by atoms with van der Waals surface area (Å²) in [5.41, 5.74) is 1.69. The number of Topliss-reactive ketones (excluding diaryl/α,β-unsaturated/α-hetero) is 1. The highest BCUT2D eigenvalue weighted by Gasteiger charge is 2.46. The first kappa shape index (κ1) is 27.4. The maximum absolute atomic E-state index is 13.9. The monoisotopic (exact) mass is 577 g/mol. The third-order valence-electron chi connectivity index (χ3n) is 6.29. The quantitative estimate of drug-likeness (QED) is 0.177. The number of rotatable bonds is 10. The first-order chi connectivity index (χ1) is 19.3. The Morgan fingerprint density at radius 3 is 2.60 bits per heavy atom. The molecule has 0 saturated carbocycles. The lowest BCUT2D eigenvalue weighted by molar-refractivity contribution is -0.117. The molecule has 1 N–H and O–H groups in total. The number of amides is 1. The van der Waals surface area contributed by atoms with E-state index in [1.54, 1.807) is 38.1 Å². The molecule has 0 bridgehead atoms. The second-order valence-corrected chi connectivity index (χ2v) is 11.1. The van der Waals surface area contributed by atoms with Crippen LogP contribution < -0.4 is 19.1 Å². The van der Waals surface area contributed by atoms with Crippen molar-refractivity contribution >= 4 is 49.7 Å². The second kappa shape index (κ2) is 11.1. The SMILES string of the molecule is C=CCOc1ccc(C2C(C(=O)c3sc(C)nc3C)=C(O)C(=O)N2c2nc3ccc(OCC)cc3s2)cc1OC. The van der Waals surface area contributed by atoms with Gasteiger partial charge in [0.15, 0.2) is 22.4 Å². The number of thiazole rings is 2. The van der Waals surface area contributed by atoms with Gasteiger partial charge >= 0.3 is 0 Å². The van der Waals surface area contributed by atoms with Gasteiger partial charge in [-0.1, -0.05) is 30.1 Å². The van der Waals surface area contributed by atoms with E-state index in [2.05, 4.69) is 16.5 Å². The average Bonchev–Trinajstić information content (AvgIpc) is 3.59. The summed E-state index contributed by atoms with van der Waals surface area (Å²) < 4.78 is 17.7. The number of methoxy groups -OCH3 is 1. The lowest BCUT2D eigenvalue weighted by Gasteiger charge is -2.25. The molecule has 0 fully saturated rings. The lowest BCUT2D eigenvalue weighted by Crippen LogP contribution is -2.31. The van der Waals surface area contributed by atoms with Crippen LogP contribution in [0.15, 0.2) is 60.4 Å². The van der Waals surface area contributed by atoms with Crippen LogP contribution in [0.4, 0.5) is 5.13 Å². The Kier molecular flexibility index (Phi) is 7.59. The smallest absolute Gasteiger partial charge is 0.296 e. The van der Waals surface area contributed by atoms with E-state index in [1.807, 2.05) is 25.1 Å². The minimum Gasteiger partial charge on any atom is -0.503 e. The molecule has 1 aliphatic heterocycles. The average molecular weight is 578 g/mol. The summed E-state index contributed by atoms with van der Waals surface area (Å²) in [4.78, 5) is 38.4. The zero-order valence-electron chi connectivity index (χ0n) is 22.4. The Labute approximate surface area is 239 Å². The summed E-state index contributed by atoms with van der Waals surface area (Å²) in [6, 6.07) is 9.64. The maximum atomic E-state index is 13.9. The normalized spacial score (nSPS) is 15.2. The van der Waals surface area contributed by atoms with Gasteiger partial charge in [-0.15, -0.1) is 11.3 Å². The molecule has 0 radical (unpaired) electrons. The van der Waals surface area contributed by atoms with Crippen LogP contribution in [0.3, 0.4) is 0 Å². The van der Waals surface area contributed by atoms with Crippen LogP contribution >= 0.6 is 22.7 Å². The second-order valence-electron chi connectivity index (χ2n) is 8.89. The fourth-order valence-electron chi connectivity index (χ4n) is 4.59. The van der Waals surface area contributed by atoms with E-state index in [-0.39, 0.29) is 12.2 Å². The molecule has 1 atom stereocenters. The Morgan fingerprint density at radius 2 is 1.93 bits per heavy atom. The molecule has 3 heterocycles. The molecule has 9 nitrogen and oxygen atoms in total. The molecule has 206 valence electrons. The van der Waals surface area contributed by atoms with Gasteiger partial charge in [-0.3, -0.25) is 14.5 Å². The number of aliphatic hydroxyl groups is 1. The van der Waals surface area contributed by atoms with Crippen LogP contribution in [0.25, 0.3) is 10.2 Å². The minimum atomic E-state index is -0.976. The van der Waals surface area contributed by atoms with Crippen LogP contribution in [0, 0.1) is 13.8 Å². The molecule has 1 aliphatic rings. The molecule has 40 heavy (non-hydrogen) atoms. The number of aliphatic hydroxyl groups excluding tert-OH is 1. The summed E-state index contributed by atoms with van der Waals surface area (Å²) in [6.45, 7) is 9.89.